The molecule has 1 amide bonds. The summed E-state index contributed by atoms with van der Waals surface area (Å²) in [5.41, 5.74) is 1.20. The second-order valence-electron chi connectivity index (χ2n) is 7.97. The van der Waals surface area contributed by atoms with Gasteiger partial charge in [0.25, 0.3) is 5.56 Å². The van der Waals surface area contributed by atoms with Gasteiger partial charge in [-0.15, -0.1) is 23.1 Å². The van der Waals surface area contributed by atoms with Crippen LogP contribution in [-0.2, 0) is 23.4 Å². The minimum Gasteiger partial charge on any atom is -0.339 e. The highest BCUT2D eigenvalue weighted by Gasteiger charge is 2.24. The van der Waals surface area contributed by atoms with E-state index in [1.807, 2.05) is 4.90 Å². The fraction of sp³-hybridized carbons (Fsp3) is 0.650. The zero-order valence-electron chi connectivity index (χ0n) is 16.0. The lowest BCUT2D eigenvalue weighted by atomic mass is 9.89. The second kappa shape index (κ2) is 7.95. The molecule has 3 heterocycles. The Morgan fingerprint density at radius 2 is 2.19 bits per heavy atom. The van der Waals surface area contributed by atoms with Crippen LogP contribution < -0.4 is 5.56 Å². The van der Waals surface area contributed by atoms with Gasteiger partial charge in [0.2, 0.25) is 5.91 Å². The van der Waals surface area contributed by atoms with Crippen LogP contribution >= 0.6 is 23.1 Å². The molecule has 7 heteroatoms. The molecular formula is C20H27N3O2S2. The Morgan fingerprint density at radius 3 is 3.00 bits per heavy atom. The molecule has 1 aliphatic heterocycles. The molecule has 5 nitrogen and oxygen atoms in total. The van der Waals surface area contributed by atoms with E-state index in [0.717, 1.165) is 48.9 Å². The Balaban J connectivity index is 1.44. The summed E-state index contributed by atoms with van der Waals surface area (Å²) in [6.45, 7) is 5.28. The van der Waals surface area contributed by atoms with Gasteiger partial charge in [0.1, 0.15) is 10.7 Å². The molecular weight excluding hydrogens is 378 g/mol. The Hall–Kier alpha value is -1.34. The van der Waals surface area contributed by atoms with Crippen LogP contribution in [0.3, 0.4) is 0 Å². The summed E-state index contributed by atoms with van der Waals surface area (Å²) in [6.07, 6.45) is 6.61. The molecule has 0 aromatic carbocycles. The first kappa shape index (κ1) is 19.0. The van der Waals surface area contributed by atoms with Crippen LogP contribution in [0.5, 0.6) is 0 Å². The first-order chi connectivity index (χ1) is 13.0. The number of carbonyl (C=O) groups excluding carboxylic acids is 1. The van der Waals surface area contributed by atoms with Gasteiger partial charge in [-0.2, -0.15) is 0 Å². The monoisotopic (exact) mass is 405 g/mol. The molecule has 0 radical (unpaired) electrons. The minimum atomic E-state index is -0.0152. The highest BCUT2D eigenvalue weighted by atomic mass is 32.2. The highest BCUT2D eigenvalue weighted by molar-refractivity contribution is 7.99. The number of thioether (sulfide) groups is 1. The zero-order chi connectivity index (χ0) is 19.0. The van der Waals surface area contributed by atoms with Crippen LogP contribution in [0.15, 0.2) is 4.79 Å². The van der Waals surface area contributed by atoms with Crippen molar-refractivity contribution in [1.82, 2.24) is 14.9 Å². The molecule has 2 atom stereocenters. The number of rotatable bonds is 4. The van der Waals surface area contributed by atoms with Crippen molar-refractivity contribution < 1.29 is 4.79 Å². The van der Waals surface area contributed by atoms with Crippen LogP contribution in [-0.4, -0.2) is 39.1 Å². The van der Waals surface area contributed by atoms with Gasteiger partial charge in [-0.25, -0.2) is 4.98 Å². The summed E-state index contributed by atoms with van der Waals surface area (Å²) in [4.78, 5) is 36.9. The van der Waals surface area contributed by atoms with E-state index in [2.05, 4.69) is 18.8 Å². The van der Waals surface area contributed by atoms with E-state index >= 15 is 0 Å². The third kappa shape index (κ3) is 3.94. The number of aromatic nitrogens is 2. The topological polar surface area (TPSA) is 66.1 Å². The number of aryl methyl sites for hydroxylation is 1. The number of nitrogens with zero attached hydrogens (tertiary/aromatic N) is 2. The summed E-state index contributed by atoms with van der Waals surface area (Å²) in [5.74, 6) is 2.59. The highest BCUT2D eigenvalue weighted by Crippen LogP contribution is 2.35. The van der Waals surface area contributed by atoms with E-state index in [-0.39, 0.29) is 11.5 Å². The van der Waals surface area contributed by atoms with Gasteiger partial charge in [-0.05, 0) is 56.9 Å². The molecule has 0 saturated carbocycles. The number of carbonyl (C=O) groups is 1. The van der Waals surface area contributed by atoms with Crippen molar-refractivity contribution >= 4 is 39.2 Å². The number of aromatic amines is 1. The Bertz CT molecular complexity index is 904. The quantitative estimate of drug-likeness (QED) is 0.841. The predicted molar refractivity (Wildman–Crippen MR) is 113 cm³/mol. The van der Waals surface area contributed by atoms with Crippen molar-refractivity contribution in [2.45, 2.75) is 64.2 Å². The molecule has 1 N–H and O–H groups in total. The lowest BCUT2D eigenvalue weighted by Crippen LogP contribution is -2.42. The molecule has 2 aliphatic rings. The summed E-state index contributed by atoms with van der Waals surface area (Å²) >= 11 is 3.22. The van der Waals surface area contributed by atoms with Gasteiger partial charge in [0, 0.05) is 17.5 Å². The van der Waals surface area contributed by atoms with Crippen LogP contribution in [0.25, 0.3) is 10.2 Å². The summed E-state index contributed by atoms with van der Waals surface area (Å²) in [5, 5.41) is 0.800. The van der Waals surface area contributed by atoms with Crippen molar-refractivity contribution in [3.8, 4) is 0 Å². The third-order valence-corrected chi connectivity index (χ3v) is 7.88. The molecule has 0 bridgehead atoms. The normalized spacial score (nSPS) is 22.8. The van der Waals surface area contributed by atoms with Gasteiger partial charge >= 0.3 is 0 Å². The third-order valence-electron chi connectivity index (χ3n) is 5.80. The van der Waals surface area contributed by atoms with E-state index in [4.69, 9.17) is 4.98 Å². The molecule has 1 aliphatic carbocycles. The number of likely N-dealkylation sites (tertiary alicyclic amines) is 1. The van der Waals surface area contributed by atoms with Crippen LogP contribution in [0.1, 0.15) is 55.8 Å². The number of thiophene rings is 1. The molecule has 4 rings (SSSR count). The number of nitrogens with one attached hydrogen (secondary N) is 1. The maximum Gasteiger partial charge on any atom is 0.259 e. The van der Waals surface area contributed by atoms with Crippen molar-refractivity contribution in [1.29, 1.82) is 0 Å². The number of piperidine rings is 1. The first-order valence-electron chi connectivity index (χ1n) is 9.93. The average molecular weight is 406 g/mol. The lowest BCUT2D eigenvalue weighted by Gasteiger charge is -2.33. The molecule has 1 saturated heterocycles. The molecule has 0 unspecified atom stereocenters. The van der Waals surface area contributed by atoms with E-state index in [9.17, 15) is 9.59 Å². The molecule has 0 spiro atoms. The maximum atomic E-state index is 12.6. The molecule has 146 valence electrons. The number of hydrogen-bond acceptors (Lipinski definition) is 5. The van der Waals surface area contributed by atoms with Crippen molar-refractivity contribution in [3.63, 3.8) is 0 Å². The standard InChI is InChI=1S/C20H27N3O2S2/c1-12-6-7-14-15(9-12)27-20-18(14)19(25)21-16(22-20)10-26-11-17(24)23-8-4-3-5-13(23)2/h12-13H,3-11H2,1-2H3,(H,21,22,25)/t12-,13-/m1/s1. The smallest absolute Gasteiger partial charge is 0.259 e. The van der Waals surface area contributed by atoms with Gasteiger partial charge < -0.3 is 9.88 Å². The van der Waals surface area contributed by atoms with Crippen LogP contribution in [0, 0.1) is 5.92 Å². The lowest BCUT2D eigenvalue weighted by molar-refractivity contribution is -0.131. The number of amides is 1. The minimum absolute atomic E-state index is 0.0152. The van der Waals surface area contributed by atoms with E-state index in [1.165, 1.54) is 16.9 Å². The second-order valence-corrected chi connectivity index (χ2v) is 10.0. The molecule has 1 fully saturated rings. The molecule has 2 aromatic rings. The first-order valence-corrected chi connectivity index (χ1v) is 11.9. The van der Waals surface area contributed by atoms with Gasteiger partial charge in [-0.1, -0.05) is 6.92 Å². The molecule has 27 heavy (non-hydrogen) atoms. The fourth-order valence-electron chi connectivity index (χ4n) is 4.25. The van der Waals surface area contributed by atoms with Gasteiger partial charge in [0.05, 0.1) is 16.9 Å². The van der Waals surface area contributed by atoms with Crippen molar-refractivity contribution in [2.75, 3.05) is 12.3 Å². The van der Waals surface area contributed by atoms with Crippen molar-refractivity contribution in [2.24, 2.45) is 5.92 Å². The zero-order valence-corrected chi connectivity index (χ0v) is 17.7. The van der Waals surface area contributed by atoms with Crippen molar-refractivity contribution in [3.05, 3.63) is 26.6 Å². The van der Waals surface area contributed by atoms with Gasteiger partial charge in [-0.3, -0.25) is 9.59 Å². The van der Waals surface area contributed by atoms with E-state index in [0.29, 0.717) is 29.3 Å². The van der Waals surface area contributed by atoms with E-state index < -0.39 is 0 Å². The number of H-pyrrole nitrogens is 1. The summed E-state index contributed by atoms with van der Waals surface area (Å²) < 4.78 is 0. The average Bonchev–Trinajstić information content (AvgIpc) is 2.99. The van der Waals surface area contributed by atoms with Gasteiger partial charge in [0.15, 0.2) is 0 Å². The maximum absolute atomic E-state index is 12.6. The SMILES string of the molecule is C[C@@H]1CCc2c(sc3nc(CSCC(=O)N4CCCC[C@H]4C)[nH]c(=O)c23)C1. The van der Waals surface area contributed by atoms with E-state index in [1.54, 1.807) is 23.1 Å². The Labute approximate surface area is 167 Å². The molecule has 2 aromatic heterocycles. The summed E-state index contributed by atoms with van der Waals surface area (Å²) in [7, 11) is 0. The largest absolute Gasteiger partial charge is 0.339 e. The fourth-order valence-corrected chi connectivity index (χ4v) is 6.42. The number of hydrogen-bond donors (Lipinski definition) is 1. The summed E-state index contributed by atoms with van der Waals surface area (Å²) in [6, 6.07) is 0.348. The Kier molecular flexibility index (Phi) is 5.60. The number of fused-ring (bicyclic) bond motifs is 3. The predicted octanol–water partition coefficient (Wildman–Crippen LogP) is 3.74. The van der Waals surface area contributed by atoms with Crippen LogP contribution in [0.2, 0.25) is 0 Å². The van der Waals surface area contributed by atoms with Crippen LogP contribution in [0.4, 0.5) is 0 Å². The Morgan fingerprint density at radius 1 is 1.33 bits per heavy atom.